The third-order valence-electron chi connectivity index (χ3n) is 2.79. The van der Waals surface area contributed by atoms with Crippen LogP contribution in [0.5, 0.6) is 11.5 Å². The third kappa shape index (κ3) is 4.11. The molecule has 1 aromatic rings. The highest BCUT2D eigenvalue weighted by Gasteiger charge is 2.17. The van der Waals surface area contributed by atoms with Gasteiger partial charge in [0, 0.05) is 18.0 Å². The van der Waals surface area contributed by atoms with Crippen molar-refractivity contribution in [1.29, 1.82) is 0 Å². The second-order valence-electron chi connectivity index (χ2n) is 3.95. The van der Waals surface area contributed by atoms with E-state index in [4.69, 9.17) is 15.2 Å². The third-order valence-corrected chi connectivity index (χ3v) is 3.41. The fraction of sp³-hybridized carbons (Fsp3) is 0.462. The smallest absolute Gasteiger partial charge is 0.305 e. The molecular formula is C13H18BrNO4. The first-order valence-electron chi connectivity index (χ1n) is 5.77. The minimum Gasteiger partial charge on any atom is -0.496 e. The Balaban J connectivity index is 2.93. The van der Waals surface area contributed by atoms with Gasteiger partial charge in [-0.25, -0.2) is 0 Å². The van der Waals surface area contributed by atoms with Gasteiger partial charge in [0.1, 0.15) is 11.5 Å². The summed E-state index contributed by atoms with van der Waals surface area (Å²) in [5.41, 5.74) is 6.89. The van der Waals surface area contributed by atoms with Gasteiger partial charge in [-0.05, 0) is 34.5 Å². The molecule has 0 amide bonds. The molecule has 1 unspecified atom stereocenters. The molecule has 0 radical (unpaired) electrons. The van der Waals surface area contributed by atoms with Crippen LogP contribution < -0.4 is 15.2 Å². The molecule has 0 saturated heterocycles. The van der Waals surface area contributed by atoms with E-state index in [0.29, 0.717) is 17.9 Å². The van der Waals surface area contributed by atoms with Crippen LogP contribution in [-0.2, 0) is 9.53 Å². The van der Waals surface area contributed by atoms with E-state index in [9.17, 15) is 4.79 Å². The molecule has 6 heteroatoms. The first-order chi connectivity index (χ1) is 9.03. The van der Waals surface area contributed by atoms with E-state index in [1.807, 2.05) is 6.07 Å². The van der Waals surface area contributed by atoms with Gasteiger partial charge in [-0.2, -0.15) is 0 Å². The number of carbonyl (C=O) groups excluding carboxylic acids is 1. The molecule has 0 saturated carbocycles. The van der Waals surface area contributed by atoms with Crippen LogP contribution in [0.2, 0.25) is 0 Å². The van der Waals surface area contributed by atoms with Crippen molar-refractivity contribution in [2.45, 2.75) is 18.9 Å². The van der Waals surface area contributed by atoms with Crippen LogP contribution in [0.4, 0.5) is 0 Å². The Labute approximate surface area is 121 Å². The number of esters is 1. The van der Waals surface area contributed by atoms with E-state index in [1.165, 1.54) is 7.11 Å². The molecular weight excluding hydrogens is 314 g/mol. The first kappa shape index (κ1) is 15.8. The summed E-state index contributed by atoms with van der Waals surface area (Å²) in [6, 6.07) is 3.29. The fourth-order valence-electron chi connectivity index (χ4n) is 1.70. The second kappa shape index (κ2) is 7.35. The number of nitrogens with two attached hydrogens (primary N) is 1. The normalized spacial score (nSPS) is 11.8. The predicted molar refractivity (Wildman–Crippen MR) is 75.4 cm³/mol. The highest BCUT2D eigenvalue weighted by molar-refractivity contribution is 9.10. The second-order valence-corrected chi connectivity index (χ2v) is 4.80. The van der Waals surface area contributed by atoms with E-state index in [1.54, 1.807) is 20.3 Å². The molecule has 0 bridgehead atoms. The average molecular weight is 332 g/mol. The van der Waals surface area contributed by atoms with Crippen LogP contribution in [0, 0.1) is 0 Å². The molecule has 0 aliphatic carbocycles. The predicted octanol–water partition coefficient (Wildman–Crippen LogP) is 2.42. The average Bonchev–Trinajstić information content (AvgIpc) is 2.43. The maximum atomic E-state index is 11.1. The van der Waals surface area contributed by atoms with E-state index in [2.05, 4.69) is 20.7 Å². The molecule has 0 fully saturated rings. The summed E-state index contributed by atoms with van der Waals surface area (Å²) in [6.07, 6.45) is 0.743. The molecule has 0 aliphatic rings. The minimum absolute atomic E-state index is 0.263. The van der Waals surface area contributed by atoms with Gasteiger partial charge >= 0.3 is 5.97 Å². The summed E-state index contributed by atoms with van der Waals surface area (Å²) in [5.74, 6) is 1.05. The summed E-state index contributed by atoms with van der Waals surface area (Å²) in [5, 5.41) is 0. The van der Waals surface area contributed by atoms with Crippen LogP contribution in [-0.4, -0.2) is 27.3 Å². The lowest BCUT2D eigenvalue weighted by atomic mass is 10.0. The van der Waals surface area contributed by atoms with Crippen molar-refractivity contribution in [1.82, 2.24) is 0 Å². The van der Waals surface area contributed by atoms with Crippen molar-refractivity contribution in [3.05, 3.63) is 22.2 Å². The van der Waals surface area contributed by atoms with Crippen LogP contribution in [0.15, 0.2) is 16.6 Å². The first-order valence-corrected chi connectivity index (χ1v) is 6.56. The Kier molecular flexibility index (Phi) is 6.11. The zero-order valence-electron chi connectivity index (χ0n) is 11.2. The van der Waals surface area contributed by atoms with Gasteiger partial charge in [-0.15, -0.1) is 0 Å². The standard InChI is InChI=1S/C13H18BrNO4/c1-17-11-7-9(14)12(18-2)6-8(11)10(15)4-5-13(16)19-3/h6-7,10H,4-5,15H2,1-3H3. The van der Waals surface area contributed by atoms with Crippen LogP contribution in [0.1, 0.15) is 24.4 Å². The van der Waals surface area contributed by atoms with Gasteiger partial charge in [0.05, 0.1) is 25.8 Å². The largest absolute Gasteiger partial charge is 0.496 e. The lowest BCUT2D eigenvalue weighted by molar-refractivity contribution is -0.140. The van der Waals surface area contributed by atoms with Crippen molar-refractivity contribution in [3.63, 3.8) is 0 Å². The van der Waals surface area contributed by atoms with Crippen molar-refractivity contribution in [2.75, 3.05) is 21.3 Å². The molecule has 1 atom stereocenters. The maximum Gasteiger partial charge on any atom is 0.305 e. The SMILES string of the molecule is COC(=O)CCC(N)c1cc(OC)c(Br)cc1OC. The number of carbonyl (C=O) groups is 1. The van der Waals surface area contributed by atoms with Crippen molar-refractivity contribution in [2.24, 2.45) is 5.73 Å². The Hall–Kier alpha value is -1.27. The number of ether oxygens (including phenoxy) is 3. The summed E-state index contributed by atoms with van der Waals surface area (Å²) >= 11 is 3.38. The molecule has 1 rings (SSSR count). The van der Waals surface area contributed by atoms with E-state index in [0.717, 1.165) is 10.0 Å². The molecule has 5 nitrogen and oxygen atoms in total. The number of halogens is 1. The lowest BCUT2D eigenvalue weighted by Gasteiger charge is -2.17. The van der Waals surface area contributed by atoms with Crippen molar-refractivity contribution < 1.29 is 19.0 Å². The van der Waals surface area contributed by atoms with Crippen LogP contribution in [0.3, 0.4) is 0 Å². The number of hydrogen-bond acceptors (Lipinski definition) is 5. The Morgan fingerprint density at radius 3 is 2.42 bits per heavy atom. The minimum atomic E-state index is -0.323. The topological polar surface area (TPSA) is 70.8 Å². The van der Waals surface area contributed by atoms with Gasteiger partial charge in [0.15, 0.2) is 0 Å². The molecule has 2 N–H and O–H groups in total. The number of methoxy groups -OCH3 is 3. The van der Waals surface area contributed by atoms with E-state index in [-0.39, 0.29) is 18.4 Å². The molecule has 1 aromatic carbocycles. The number of rotatable bonds is 6. The quantitative estimate of drug-likeness (QED) is 0.810. The summed E-state index contributed by atoms with van der Waals surface area (Å²) in [7, 11) is 4.51. The Morgan fingerprint density at radius 1 is 1.26 bits per heavy atom. The van der Waals surface area contributed by atoms with E-state index < -0.39 is 0 Å². The van der Waals surface area contributed by atoms with Gasteiger partial charge < -0.3 is 19.9 Å². The zero-order valence-corrected chi connectivity index (χ0v) is 12.8. The highest BCUT2D eigenvalue weighted by atomic mass is 79.9. The van der Waals surface area contributed by atoms with E-state index >= 15 is 0 Å². The van der Waals surface area contributed by atoms with Gasteiger partial charge in [0.2, 0.25) is 0 Å². The molecule has 0 spiro atoms. The molecule has 19 heavy (non-hydrogen) atoms. The fourth-order valence-corrected chi connectivity index (χ4v) is 2.19. The van der Waals surface area contributed by atoms with Gasteiger partial charge in [0.25, 0.3) is 0 Å². The van der Waals surface area contributed by atoms with Crippen molar-refractivity contribution in [3.8, 4) is 11.5 Å². The van der Waals surface area contributed by atoms with Crippen molar-refractivity contribution >= 4 is 21.9 Å². The van der Waals surface area contributed by atoms with Crippen LogP contribution in [0.25, 0.3) is 0 Å². The Morgan fingerprint density at radius 2 is 1.89 bits per heavy atom. The summed E-state index contributed by atoms with van der Waals surface area (Å²) in [6.45, 7) is 0. The van der Waals surface area contributed by atoms with Crippen LogP contribution >= 0.6 is 15.9 Å². The monoisotopic (exact) mass is 331 g/mol. The molecule has 0 heterocycles. The Bertz CT molecular complexity index is 451. The maximum absolute atomic E-state index is 11.1. The van der Waals surface area contributed by atoms with Gasteiger partial charge in [-0.3, -0.25) is 4.79 Å². The molecule has 0 aliphatic heterocycles. The van der Waals surface area contributed by atoms with Gasteiger partial charge in [-0.1, -0.05) is 0 Å². The molecule has 106 valence electrons. The summed E-state index contributed by atoms with van der Waals surface area (Å²) < 4.78 is 15.9. The highest BCUT2D eigenvalue weighted by Crippen LogP contribution is 2.36. The number of hydrogen-bond donors (Lipinski definition) is 1. The zero-order chi connectivity index (χ0) is 14.4. The number of benzene rings is 1. The summed E-state index contributed by atoms with van der Waals surface area (Å²) in [4.78, 5) is 11.1. The molecule has 0 aromatic heterocycles. The lowest BCUT2D eigenvalue weighted by Crippen LogP contribution is -2.14.